The Labute approximate surface area is 138 Å². The number of nitrogens with one attached hydrogen (secondary N) is 2. The van der Waals surface area contributed by atoms with Crippen LogP contribution < -0.4 is 4.72 Å². The Hall–Kier alpha value is -2.33. The van der Waals surface area contributed by atoms with Crippen molar-refractivity contribution >= 4 is 38.3 Å². The van der Waals surface area contributed by atoms with Crippen molar-refractivity contribution in [1.82, 2.24) is 15.4 Å². The molecule has 0 saturated carbocycles. The molecule has 0 spiro atoms. The van der Waals surface area contributed by atoms with Gasteiger partial charge in [-0.1, -0.05) is 11.6 Å². The molecule has 0 aliphatic rings. The molecule has 2 aromatic carbocycles. The number of anilines is 1. The van der Waals surface area contributed by atoms with E-state index in [1.165, 1.54) is 18.2 Å². The van der Waals surface area contributed by atoms with Crippen LogP contribution in [0.15, 0.2) is 41.3 Å². The first-order valence-electron chi connectivity index (χ1n) is 6.37. The maximum absolute atomic E-state index is 12.8. The van der Waals surface area contributed by atoms with Crippen LogP contribution in [0, 0.1) is 0 Å². The zero-order chi connectivity index (χ0) is 17.5. The third-order valence-electron chi connectivity index (χ3n) is 3.12. The first-order valence-corrected chi connectivity index (χ1v) is 8.23. The predicted molar refractivity (Wildman–Crippen MR) is 81.2 cm³/mol. The van der Waals surface area contributed by atoms with E-state index in [1.54, 1.807) is 0 Å². The van der Waals surface area contributed by atoms with Crippen molar-refractivity contribution < 1.29 is 21.6 Å². The van der Waals surface area contributed by atoms with Crippen molar-refractivity contribution in [3.63, 3.8) is 0 Å². The van der Waals surface area contributed by atoms with Crippen LogP contribution in [0.25, 0.3) is 11.0 Å². The highest BCUT2D eigenvalue weighted by Gasteiger charge is 2.32. The number of hydrogen-bond donors (Lipinski definition) is 2. The number of alkyl halides is 3. The molecule has 3 aromatic rings. The summed E-state index contributed by atoms with van der Waals surface area (Å²) in [5.41, 5.74) is -0.0931. The van der Waals surface area contributed by atoms with Crippen LogP contribution in [0.5, 0.6) is 0 Å². The molecular formula is C13H8ClF3N4O2S. The molecule has 11 heteroatoms. The summed E-state index contributed by atoms with van der Waals surface area (Å²) in [4.78, 5) is -0.667. The van der Waals surface area contributed by atoms with E-state index in [0.29, 0.717) is 23.2 Å². The van der Waals surface area contributed by atoms with Gasteiger partial charge in [-0.05, 0) is 36.4 Å². The zero-order valence-electron chi connectivity index (χ0n) is 11.6. The van der Waals surface area contributed by atoms with Crippen LogP contribution in [-0.2, 0) is 16.2 Å². The van der Waals surface area contributed by atoms with Gasteiger partial charge in [0.05, 0.1) is 16.3 Å². The fourth-order valence-electron chi connectivity index (χ4n) is 2.00. The topological polar surface area (TPSA) is 87.7 Å². The molecule has 0 aliphatic heterocycles. The first-order chi connectivity index (χ1) is 11.2. The molecule has 2 N–H and O–H groups in total. The minimum absolute atomic E-state index is 0.116. The molecule has 0 amide bonds. The highest BCUT2D eigenvalue weighted by atomic mass is 35.5. The van der Waals surface area contributed by atoms with E-state index in [2.05, 4.69) is 20.1 Å². The van der Waals surface area contributed by atoms with E-state index in [1.807, 2.05) is 0 Å². The van der Waals surface area contributed by atoms with Crippen molar-refractivity contribution in [3.05, 3.63) is 47.0 Å². The third-order valence-corrected chi connectivity index (χ3v) is 4.98. The van der Waals surface area contributed by atoms with Gasteiger partial charge in [-0.2, -0.15) is 28.6 Å². The lowest BCUT2D eigenvalue weighted by atomic mass is 10.2. The van der Waals surface area contributed by atoms with E-state index in [9.17, 15) is 21.6 Å². The first kappa shape index (κ1) is 16.5. The lowest BCUT2D eigenvalue weighted by Crippen LogP contribution is -2.15. The fraction of sp³-hybridized carbons (Fsp3) is 0.0769. The quantitative estimate of drug-likeness (QED) is 0.733. The molecule has 3 rings (SSSR count). The van der Waals surface area contributed by atoms with Crippen LogP contribution in [0.2, 0.25) is 5.02 Å². The van der Waals surface area contributed by atoms with E-state index in [0.717, 1.165) is 6.07 Å². The molecule has 1 aromatic heterocycles. The Morgan fingerprint density at radius 3 is 2.46 bits per heavy atom. The SMILES string of the molecule is O=S(=O)(Nc1ccc2n[nH]nc2c1)c1cc(C(F)(F)F)ccc1Cl. The molecule has 0 unspecified atom stereocenters. The van der Waals surface area contributed by atoms with Gasteiger partial charge in [0.1, 0.15) is 15.9 Å². The summed E-state index contributed by atoms with van der Waals surface area (Å²) in [6, 6.07) is 6.38. The molecule has 0 saturated heterocycles. The number of nitrogens with zero attached hydrogens (tertiary/aromatic N) is 2. The number of halogens is 4. The molecule has 0 aliphatic carbocycles. The number of aromatic amines is 1. The third kappa shape index (κ3) is 3.15. The number of H-pyrrole nitrogens is 1. The Kier molecular flexibility index (Phi) is 3.88. The standard InChI is InChI=1S/C13H8ClF3N4O2S/c14-9-3-1-7(13(15,16)17)5-12(9)24(22,23)20-8-2-4-10-11(6-8)19-21-18-10/h1-6,20H,(H,18,19,21). The van der Waals surface area contributed by atoms with Gasteiger partial charge in [0, 0.05) is 0 Å². The van der Waals surface area contributed by atoms with Gasteiger partial charge < -0.3 is 0 Å². The summed E-state index contributed by atoms with van der Waals surface area (Å²) in [6.45, 7) is 0. The molecular weight excluding hydrogens is 369 g/mol. The van der Waals surface area contributed by atoms with Gasteiger partial charge in [-0.15, -0.1) is 0 Å². The largest absolute Gasteiger partial charge is 0.416 e. The number of benzene rings is 2. The van der Waals surface area contributed by atoms with Gasteiger partial charge in [-0.3, -0.25) is 4.72 Å². The summed E-state index contributed by atoms with van der Waals surface area (Å²) in [5.74, 6) is 0. The van der Waals surface area contributed by atoms with Crippen molar-refractivity contribution in [2.24, 2.45) is 0 Å². The highest BCUT2D eigenvalue weighted by Crippen LogP contribution is 2.34. The van der Waals surface area contributed by atoms with E-state index >= 15 is 0 Å². The average Bonchev–Trinajstić information content (AvgIpc) is 2.93. The van der Waals surface area contributed by atoms with Crippen LogP contribution in [0.4, 0.5) is 18.9 Å². The van der Waals surface area contributed by atoms with Crippen molar-refractivity contribution in [3.8, 4) is 0 Å². The zero-order valence-corrected chi connectivity index (χ0v) is 13.2. The van der Waals surface area contributed by atoms with Gasteiger partial charge in [-0.25, -0.2) is 8.42 Å². The number of aromatic nitrogens is 3. The van der Waals surface area contributed by atoms with E-state index < -0.39 is 26.7 Å². The maximum atomic E-state index is 12.8. The molecule has 1 heterocycles. The summed E-state index contributed by atoms with van der Waals surface area (Å²) >= 11 is 5.76. The van der Waals surface area contributed by atoms with Crippen molar-refractivity contribution in [1.29, 1.82) is 0 Å². The van der Waals surface area contributed by atoms with Crippen LogP contribution >= 0.6 is 11.6 Å². The molecule has 24 heavy (non-hydrogen) atoms. The average molecular weight is 377 g/mol. The molecule has 6 nitrogen and oxygen atoms in total. The van der Waals surface area contributed by atoms with E-state index in [-0.39, 0.29) is 10.7 Å². The molecule has 0 bridgehead atoms. The second-order valence-electron chi connectivity index (χ2n) is 4.78. The smallest absolute Gasteiger partial charge is 0.280 e. The van der Waals surface area contributed by atoms with Gasteiger partial charge in [0.25, 0.3) is 10.0 Å². The Bertz CT molecular complexity index is 1020. The summed E-state index contributed by atoms with van der Waals surface area (Å²) in [5, 5.41) is 9.66. The van der Waals surface area contributed by atoms with Crippen molar-refractivity contribution in [2.45, 2.75) is 11.1 Å². The molecule has 126 valence electrons. The van der Waals surface area contributed by atoms with Gasteiger partial charge in [0.2, 0.25) is 0 Å². The molecule has 0 fully saturated rings. The number of sulfonamides is 1. The lowest BCUT2D eigenvalue weighted by Gasteiger charge is -2.12. The predicted octanol–water partition coefficient (Wildman–Crippen LogP) is 3.43. The summed E-state index contributed by atoms with van der Waals surface area (Å²) in [6.07, 6.45) is -4.69. The number of fused-ring (bicyclic) bond motifs is 1. The highest BCUT2D eigenvalue weighted by molar-refractivity contribution is 7.92. The lowest BCUT2D eigenvalue weighted by molar-refractivity contribution is -0.137. The Morgan fingerprint density at radius 1 is 1.04 bits per heavy atom. The van der Waals surface area contributed by atoms with Crippen molar-refractivity contribution in [2.75, 3.05) is 4.72 Å². The summed E-state index contributed by atoms with van der Waals surface area (Å²) in [7, 11) is -4.32. The number of hydrogen-bond acceptors (Lipinski definition) is 4. The minimum Gasteiger partial charge on any atom is -0.280 e. The molecule has 0 atom stereocenters. The second-order valence-corrected chi connectivity index (χ2v) is 6.83. The van der Waals surface area contributed by atoms with Crippen LogP contribution in [0.1, 0.15) is 5.56 Å². The normalized spacial score (nSPS) is 12.5. The van der Waals surface area contributed by atoms with Crippen LogP contribution in [-0.4, -0.2) is 23.8 Å². The Morgan fingerprint density at radius 2 is 1.75 bits per heavy atom. The Balaban J connectivity index is 2.01. The number of rotatable bonds is 3. The minimum atomic E-state index is -4.69. The maximum Gasteiger partial charge on any atom is 0.416 e. The summed E-state index contributed by atoms with van der Waals surface area (Å²) < 4.78 is 65.2. The van der Waals surface area contributed by atoms with E-state index in [4.69, 9.17) is 11.6 Å². The van der Waals surface area contributed by atoms with Gasteiger partial charge >= 0.3 is 6.18 Å². The second kappa shape index (κ2) is 5.64. The monoisotopic (exact) mass is 376 g/mol. The van der Waals surface area contributed by atoms with Crippen LogP contribution in [0.3, 0.4) is 0 Å². The van der Waals surface area contributed by atoms with Gasteiger partial charge in [0.15, 0.2) is 0 Å². The fourth-order valence-corrected chi connectivity index (χ4v) is 3.58. The molecule has 0 radical (unpaired) electrons.